The molecule has 0 aliphatic carbocycles. The molecule has 34 heavy (non-hydrogen) atoms. The van der Waals surface area contributed by atoms with Crippen LogP contribution in [0.1, 0.15) is 65.5 Å². The molecular weight excluding hydrogens is 438 g/mol. The number of rotatable bonds is 8. The first-order valence-electron chi connectivity index (χ1n) is 11.0. The van der Waals surface area contributed by atoms with Crippen molar-refractivity contribution in [3.63, 3.8) is 0 Å². The van der Waals surface area contributed by atoms with Gasteiger partial charge in [-0.15, -0.1) is 0 Å². The first-order valence-corrected chi connectivity index (χ1v) is 11.0. The first-order chi connectivity index (χ1) is 15.6. The smallest absolute Gasteiger partial charge is 0.408 e. The van der Waals surface area contributed by atoms with E-state index in [1.165, 1.54) is 13.1 Å². The van der Waals surface area contributed by atoms with E-state index in [1.807, 2.05) is 30.3 Å². The Balaban J connectivity index is 2.40. The molecule has 0 saturated carbocycles. The van der Waals surface area contributed by atoms with Gasteiger partial charge >= 0.3 is 12.1 Å². The van der Waals surface area contributed by atoms with Gasteiger partial charge in [-0.1, -0.05) is 18.2 Å². The summed E-state index contributed by atoms with van der Waals surface area (Å²) in [5.74, 6) is -2.54. The third-order valence-electron chi connectivity index (χ3n) is 4.74. The molecule has 1 aromatic carbocycles. The maximum atomic E-state index is 13.3. The first kappa shape index (κ1) is 26.8. The van der Waals surface area contributed by atoms with Gasteiger partial charge in [-0.25, -0.2) is 9.78 Å². The molecule has 0 unspecified atom stereocenters. The zero-order valence-electron chi connectivity index (χ0n) is 20.7. The average Bonchev–Trinajstić information content (AvgIpc) is 3.19. The van der Waals surface area contributed by atoms with E-state index in [1.54, 1.807) is 52.3 Å². The summed E-state index contributed by atoms with van der Waals surface area (Å²) >= 11 is 0. The van der Waals surface area contributed by atoms with Crippen molar-refractivity contribution in [2.24, 2.45) is 5.92 Å². The molecule has 1 N–H and O–H groups in total. The number of Topliss-reactive ketones (excluding diaryl/α,β-unsaturated/α-hetero) is 1. The molecule has 0 spiro atoms. The highest BCUT2D eigenvalue weighted by Gasteiger charge is 2.45. The lowest BCUT2D eigenvalue weighted by atomic mass is 9.82. The monoisotopic (exact) mass is 471 g/mol. The van der Waals surface area contributed by atoms with Crippen molar-refractivity contribution in [3.8, 4) is 5.69 Å². The van der Waals surface area contributed by atoms with Crippen LogP contribution in [0.3, 0.4) is 0 Å². The van der Waals surface area contributed by atoms with Gasteiger partial charge in [0.1, 0.15) is 23.0 Å². The number of ketones is 1. The summed E-state index contributed by atoms with van der Waals surface area (Å²) in [5.41, 5.74) is -2.77. The van der Waals surface area contributed by atoms with Crippen molar-refractivity contribution in [2.75, 3.05) is 0 Å². The summed E-state index contributed by atoms with van der Waals surface area (Å²) in [5, 5.41) is 2.45. The number of aldehydes is 1. The zero-order valence-corrected chi connectivity index (χ0v) is 20.7. The molecule has 2 atom stereocenters. The van der Waals surface area contributed by atoms with Gasteiger partial charge in [0.25, 0.3) is 0 Å². The van der Waals surface area contributed by atoms with E-state index in [0.717, 1.165) is 0 Å². The van der Waals surface area contributed by atoms with Gasteiger partial charge in [0.05, 0.1) is 5.92 Å². The molecule has 9 nitrogen and oxygen atoms in total. The maximum Gasteiger partial charge on any atom is 0.408 e. The van der Waals surface area contributed by atoms with E-state index >= 15 is 0 Å². The van der Waals surface area contributed by atoms with Crippen molar-refractivity contribution < 1.29 is 28.7 Å². The molecule has 2 rings (SSSR count). The SMILES string of the molecule is CC(C)(C)OC(=O)N[C@@](C)(C=O)[C@@H](CC(=O)c1nccn1-c1ccccc1)C(=O)OC(C)(C)C. The van der Waals surface area contributed by atoms with Gasteiger partial charge in [-0.3, -0.25) is 14.2 Å². The minimum Gasteiger partial charge on any atom is -0.460 e. The third kappa shape index (κ3) is 7.26. The zero-order chi connectivity index (χ0) is 25.7. The number of para-hydroxylation sites is 1. The Morgan fingerprint density at radius 2 is 1.59 bits per heavy atom. The molecule has 0 radical (unpaired) electrons. The Labute approximate surface area is 199 Å². The van der Waals surface area contributed by atoms with Crippen LogP contribution in [0, 0.1) is 5.92 Å². The van der Waals surface area contributed by atoms with Gasteiger partial charge < -0.3 is 19.6 Å². The van der Waals surface area contributed by atoms with Crippen LogP contribution in [0.5, 0.6) is 0 Å². The highest BCUT2D eigenvalue weighted by Crippen LogP contribution is 2.26. The Bertz CT molecular complexity index is 1030. The maximum absolute atomic E-state index is 13.3. The number of hydrogen-bond donors (Lipinski definition) is 1. The van der Waals surface area contributed by atoms with Crippen LogP contribution in [0.4, 0.5) is 4.79 Å². The van der Waals surface area contributed by atoms with E-state index in [2.05, 4.69) is 10.3 Å². The minimum absolute atomic E-state index is 0.0882. The highest BCUT2D eigenvalue weighted by molar-refractivity contribution is 5.97. The summed E-state index contributed by atoms with van der Waals surface area (Å²) in [6.45, 7) is 11.4. The summed E-state index contributed by atoms with van der Waals surface area (Å²) in [4.78, 5) is 55.2. The lowest BCUT2D eigenvalue weighted by Gasteiger charge is -2.34. The Kier molecular flexibility index (Phi) is 8.02. The second-order valence-electron chi connectivity index (χ2n) is 10.2. The standard InChI is InChI=1S/C25H33N3O6/c1-23(2,3)33-21(31)18(25(7,16-29)27-22(32)34-24(4,5)6)15-19(30)20-26-13-14-28(20)17-11-9-8-10-12-17/h8-14,16,18H,15H2,1-7H3,(H,27,32)/t18-,25-/m0/s1. The van der Waals surface area contributed by atoms with Crippen molar-refractivity contribution in [3.05, 3.63) is 48.5 Å². The number of nitrogens with one attached hydrogen (secondary N) is 1. The number of aromatic nitrogens is 2. The fourth-order valence-corrected chi connectivity index (χ4v) is 3.22. The Morgan fingerprint density at radius 1 is 1.00 bits per heavy atom. The predicted octanol–water partition coefficient (Wildman–Crippen LogP) is 3.89. The molecule has 0 fully saturated rings. The van der Waals surface area contributed by atoms with Crippen molar-refractivity contribution in [2.45, 2.75) is 71.6 Å². The molecule has 1 heterocycles. The number of esters is 1. The Morgan fingerprint density at radius 3 is 2.12 bits per heavy atom. The van der Waals surface area contributed by atoms with E-state index in [-0.39, 0.29) is 5.82 Å². The Hall–Kier alpha value is -3.49. The number of carbonyl (C=O) groups excluding carboxylic acids is 4. The molecule has 1 amide bonds. The van der Waals surface area contributed by atoms with Crippen LogP contribution in [0.25, 0.3) is 5.69 Å². The topological polar surface area (TPSA) is 117 Å². The van der Waals surface area contributed by atoms with Gasteiger partial charge in [-0.05, 0) is 60.6 Å². The normalized spacial score (nSPS) is 14.4. The molecule has 0 bridgehead atoms. The lowest BCUT2D eigenvalue weighted by molar-refractivity contribution is -0.163. The number of ether oxygens (including phenoxy) is 2. The van der Waals surface area contributed by atoms with Crippen LogP contribution in [0.2, 0.25) is 0 Å². The summed E-state index contributed by atoms with van der Waals surface area (Å²) in [6, 6.07) is 9.10. The van der Waals surface area contributed by atoms with Gasteiger partial charge in [0, 0.05) is 24.5 Å². The molecule has 1 aromatic heterocycles. The average molecular weight is 472 g/mol. The van der Waals surface area contributed by atoms with E-state index in [4.69, 9.17) is 9.47 Å². The van der Waals surface area contributed by atoms with Crippen LogP contribution in [-0.4, -0.2) is 50.4 Å². The lowest BCUT2D eigenvalue weighted by Crippen LogP contribution is -2.57. The van der Waals surface area contributed by atoms with Crippen LogP contribution >= 0.6 is 0 Å². The summed E-state index contributed by atoms with van der Waals surface area (Å²) in [6.07, 6.45) is 2.20. The van der Waals surface area contributed by atoms with E-state index in [9.17, 15) is 19.2 Å². The van der Waals surface area contributed by atoms with E-state index < -0.39 is 46.9 Å². The molecule has 184 valence electrons. The van der Waals surface area contributed by atoms with Crippen molar-refractivity contribution >= 4 is 24.1 Å². The second kappa shape index (κ2) is 10.2. The second-order valence-corrected chi connectivity index (χ2v) is 10.2. The van der Waals surface area contributed by atoms with Gasteiger partial charge in [-0.2, -0.15) is 0 Å². The van der Waals surface area contributed by atoms with Gasteiger partial charge in [0.15, 0.2) is 11.6 Å². The number of nitrogens with zero attached hydrogens (tertiary/aromatic N) is 2. The van der Waals surface area contributed by atoms with Crippen molar-refractivity contribution in [1.82, 2.24) is 14.9 Å². The van der Waals surface area contributed by atoms with Gasteiger partial charge in [0.2, 0.25) is 0 Å². The molecule has 0 saturated heterocycles. The number of hydrogen-bond acceptors (Lipinski definition) is 7. The molecule has 2 aromatic rings. The molecule has 9 heteroatoms. The van der Waals surface area contributed by atoms with Crippen LogP contribution in [-0.2, 0) is 19.1 Å². The van der Waals surface area contributed by atoms with Crippen molar-refractivity contribution in [1.29, 1.82) is 0 Å². The minimum atomic E-state index is -1.77. The predicted molar refractivity (Wildman–Crippen MR) is 126 cm³/mol. The number of imidazole rings is 1. The van der Waals surface area contributed by atoms with E-state index in [0.29, 0.717) is 12.0 Å². The summed E-state index contributed by atoms with van der Waals surface area (Å²) in [7, 11) is 0. The molecular formula is C25H33N3O6. The molecule has 0 aliphatic heterocycles. The highest BCUT2D eigenvalue weighted by atomic mass is 16.6. The number of benzene rings is 1. The number of carbonyl (C=O) groups is 4. The third-order valence-corrected chi connectivity index (χ3v) is 4.74. The largest absolute Gasteiger partial charge is 0.460 e. The number of alkyl carbamates (subject to hydrolysis) is 1. The van der Waals surface area contributed by atoms with Crippen LogP contribution in [0.15, 0.2) is 42.7 Å². The quantitative estimate of drug-likeness (QED) is 0.353. The fourth-order valence-electron chi connectivity index (χ4n) is 3.22. The fraction of sp³-hybridized carbons (Fsp3) is 0.480. The van der Waals surface area contributed by atoms with Crippen LogP contribution < -0.4 is 5.32 Å². The number of amides is 1. The summed E-state index contributed by atoms with van der Waals surface area (Å²) < 4.78 is 12.3. The molecule has 0 aliphatic rings.